The zero-order valence-electron chi connectivity index (χ0n) is 34.5. The molecule has 0 unspecified atom stereocenters. The van der Waals surface area contributed by atoms with Crippen LogP contribution in [0.1, 0.15) is 44.0 Å². The van der Waals surface area contributed by atoms with Gasteiger partial charge in [-0.2, -0.15) is 0 Å². The van der Waals surface area contributed by atoms with Crippen LogP contribution in [0.3, 0.4) is 0 Å². The highest BCUT2D eigenvalue weighted by molar-refractivity contribution is 7.94. The van der Waals surface area contributed by atoms with Gasteiger partial charge in [0.1, 0.15) is 23.9 Å². The van der Waals surface area contributed by atoms with Gasteiger partial charge in [0.2, 0.25) is 0 Å². The zero-order valence-corrected chi connectivity index (χ0v) is 36.9. The quantitative estimate of drug-likeness (QED) is 0.0337. The Kier molecular flexibility index (Phi) is 13.6. The van der Waals surface area contributed by atoms with E-state index in [-0.39, 0.29) is 24.6 Å². The second-order valence-electron chi connectivity index (χ2n) is 15.9. The normalized spacial score (nSPS) is 17.1. The van der Waals surface area contributed by atoms with Gasteiger partial charge in [-0.1, -0.05) is 35.9 Å². The van der Waals surface area contributed by atoms with Crippen LogP contribution >= 0.6 is 35.0 Å². The Bertz CT molecular complexity index is 2540. The van der Waals surface area contributed by atoms with Gasteiger partial charge in [-0.3, -0.25) is 18.7 Å². The number of rotatable bonds is 15. The first-order valence-electron chi connectivity index (χ1n) is 21.1. The number of pyridine rings is 1. The molecule has 0 aliphatic carbocycles. The topological polar surface area (TPSA) is 159 Å². The Morgan fingerprint density at radius 2 is 1.81 bits per heavy atom. The number of hydrogen-bond acceptors (Lipinski definition) is 13. The summed E-state index contributed by atoms with van der Waals surface area (Å²) in [6.45, 7) is 6.62. The van der Waals surface area contributed by atoms with Gasteiger partial charge in [-0.25, -0.2) is 4.98 Å². The van der Waals surface area contributed by atoms with Crippen LogP contribution in [-0.2, 0) is 21.9 Å². The molecule has 17 heteroatoms. The first-order valence-corrected chi connectivity index (χ1v) is 23.1. The minimum atomic E-state index is -0.370. The van der Waals surface area contributed by atoms with Crippen molar-refractivity contribution >= 4 is 74.9 Å². The largest absolute Gasteiger partial charge is 0.761 e. The van der Waals surface area contributed by atoms with Crippen LogP contribution in [0.4, 0.5) is 17.1 Å². The van der Waals surface area contributed by atoms with Crippen LogP contribution in [0, 0.1) is 11.1 Å². The molecule has 0 bridgehead atoms. The maximum Gasteiger partial charge on any atom is 0.264 e. The number of carbonyl (C=O) groups is 2. The highest BCUT2D eigenvalue weighted by Gasteiger charge is 2.33. The predicted octanol–water partition coefficient (Wildman–Crippen LogP) is 8.62. The van der Waals surface area contributed by atoms with E-state index in [1.807, 2.05) is 65.1 Å². The van der Waals surface area contributed by atoms with E-state index in [2.05, 4.69) is 48.6 Å². The molecule has 3 aromatic carbocycles. The van der Waals surface area contributed by atoms with Crippen molar-refractivity contribution in [2.45, 2.75) is 36.7 Å². The molecular formula is C46H48ClN8O6S2-. The van der Waals surface area contributed by atoms with E-state index in [1.54, 1.807) is 24.4 Å². The minimum absolute atomic E-state index is 0.0179. The van der Waals surface area contributed by atoms with Crippen molar-refractivity contribution in [3.63, 3.8) is 0 Å². The molecule has 3 aliphatic heterocycles. The molecule has 3 aliphatic rings. The first kappa shape index (κ1) is 42.9. The van der Waals surface area contributed by atoms with Crippen molar-refractivity contribution in [3.05, 3.63) is 128 Å². The number of nitrogens with one attached hydrogen (secondary N) is 4. The fourth-order valence-corrected chi connectivity index (χ4v) is 9.98. The van der Waals surface area contributed by atoms with E-state index in [4.69, 9.17) is 25.3 Å². The molecule has 1 atom stereocenters. The second-order valence-corrected chi connectivity index (χ2v) is 18.5. The number of ether oxygens (including phenoxy) is 2. The second kappa shape index (κ2) is 20.0. The van der Waals surface area contributed by atoms with E-state index in [1.165, 1.54) is 22.5 Å². The number of aromatic amines is 1. The highest BCUT2D eigenvalue weighted by Crippen LogP contribution is 2.34. The molecule has 6 aromatic rings. The SMILES string of the molecule is O=C(NCOSc1ccc(NCC2CCOCC2)c(N[O-])c1)c1ccc(N2CCN(C[C@@H]3Cc4ccccc4CN3C(=O)c3ccc(Cl)s3)CC2)cc1Oc1cnc2[nH]ccc2c1. The molecule has 63 heavy (non-hydrogen) atoms. The van der Waals surface area contributed by atoms with Crippen LogP contribution < -0.4 is 25.8 Å². The van der Waals surface area contributed by atoms with Gasteiger partial charge >= 0.3 is 0 Å². The first-order chi connectivity index (χ1) is 30.9. The molecule has 9 rings (SSSR count). The summed E-state index contributed by atoms with van der Waals surface area (Å²) in [4.78, 5) is 43.2. The molecule has 14 nitrogen and oxygen atoms in total. The summed E-state index contributed by atoms with van der Waals surface area (Å²) < 4.78 is 18.3. The summed E-state index contributed by atoms with van der Waals surface area (Å²) in [5.74, 6) is 1.03. The lowest BCUT2D eigenvalue weighted by molar-refractivity contribution is 0.0581. The average Bonchev–Trinajstić information content (AvgIpc) is 3.98. The number of carbonyl (C=O) groups excluding carboxylic acids is 2. The van der Waals surface area contributed by atoms with Crippen LogP contribution in [0.25, 0.3) is 11.0 Å². The number of hydrogen-bond donors (Lipinski definition) is 4. The maximum absolute atomic E-state index is 13.8. The van der Waals surface area contributed by atoms with Crippen LogP contribution in [0.5, 0.6) is 11.5 Å². The summed E-state index contributed by atoms with van der Waals surface area (Å²) in [5, 5.41) is 18.9. The molecule has 0 spiro atoms. The number of piperazine rings is 1. The number of benzene rings is 3. The number of halogens is 1. The lowest BCUT2D eigenvalue weighted by Gasteiger charge is -2.42. The van der Waals surface area contributed by atoms with Crippen molar-refractivity contribution in [3.8, 4) is 11.5 Å². The lowest BCUT2D eigenvalue weighted by atomic mass is 9.93. The van der Waals surface area contributed by atoms with Crippen molar-refractivity contribution < 1.29 is 23.2 Å². The Hall–Kier alpha value is -5.33. The Labute approximate surface area is 379 Å². The van der Waals surface area contributed by atoms with Crippen LogP contribution in [0.2, 0.25) is 4.34 Å². The number of thiophene rings is 1. The predicted molar refractivity (Wildman–Crippen MR) is 249 cm³/mol. The third-order valence-electron chi connectivity index (χ3n) is 11.9. The molecule has 2 fully saturated rings. The molecule has 2 saturated heterocycles. The van der Waals surface area contributed by atoms with Gasteiger partial charge in [0, 0.05) is 111 Å². The monoisotopic (exact) mass is 907 g/mol. The van der Waals surface area contributed by atoms with E-state index in [9.17, 15) is 14.8 Å². The highest BCUT2D eigenvalue weighted by atomic mass is 35.5. The molecule has 2 amide bonds. The van der Waals surface area contributed by atoms with Gasteiger partial charge in [0.05, 0.1) is 26.7 Å². The van der Waals surface area contributed by atoms with Crippen molar-refractivity contribution in [2.24, 2.45) is 5.92 Å². The third-order valence-corrected chi connectivity index (χ3v) is 13.8. The van der Waals surface area contributed by atoms with Crippen LogP contribution in [-0.4, -0.2) is 96.8 Å². The Balaban J connectivity index is 0.841. The number of H-pyrrole nitrogens is 1. The fourth-order valence-electron chi connectivity index (χ4n) is 8.43. The summed E-state index contributed by atoms with van der Waals surface area (Å²) in [6.07, 6.45) is 6.23. The summed E-state index contributed by atoms with van der Waals surface area (Å²) >= 11 is 8.63. The van der Waals surface area contributed by atoms with Crippen molar-refractivity contribution in [1.29, 1.82) is 0 Å². The lowest BCUT2D eigenvalue weighted by Crippen LogP contribution is -2.54. The number of aromatic nitrogens is 2. The Morgan fingerprint density at radius 1 is 0.968 bits per heavy atom. The van der Waals surface area contributed by atoms with Gasteiger partial charge in [0.15, 0.2) is 0 Å². The van der Waals surface area contributed by atoms with Gasteiger partial charge in [-0.15, -0.1) is 11.3 Å². The molecule has 0 saturated carbocycles. The molecular weight excluding hydrogens is 860 g/mol. The number of fused-ring (bicyclic) bond motifs is 2. The van der Waals surface area contributed by atoms with Gasteiger partial charge < -0.3 is 45.6 Å². The fraction of sp³-hybridized carbons (Fsp3) is 0.326. The van der Waals surface area contributed by atoms with Crippen molar-refractivity contribution in [1.82, 2.24) is 25.1 Å². The molecule has 328 valence electrons. The van der Waals surface area contributed by atoms with E-state index in [0.29, 0.717) is 49.3 Å². The van der Waals surface area contributed by atoms with E-state index < -0.39 is 0 Å². The summed E-state index contributed by atoms with van der Waals surface area (Å²) in [5.41, 5.74) is 7.65. The van der Waals surface area contributed by atoms with Crippen LogP contribution in [0.15, 0.2) is 102 Å². The van der Waals surface area contributed by atoms with Gasteiger partial charge in [0.25, 0.3) is 11.8 Å². The average molecular weight is 909 g/mol. The smallest absolute Gasteiger partial charge is 0.264 e. The zero-order chi connectivity index (χ0) is 43.1. The number of nitrogens with zero attached hydrogens (tertiary/aromatic N) is 4. The minimum Gasteiger partial charge on any atom is -0.761 e. The summed E-state index contributed by atoms with van der Waals surface area (Å²) in [6, 6.07) is 26.9. The van der Waals surface area contributed by atoms with Crippen molar-refractivity contribution in [2.75, 3.05) is 74.9 Å². The molecule has 0 radical (unpaired) electrons. The maximum atomic E-state index is 13.8. The molecule has 6 heterocycles. The van der Waals surface area contributed by atoms with E-state index in [0.717, 1.165) is 106 Å². The summed E-state index contributed by atoms with van der Waals surface area (Å²) in [7, 11) is 0. The number of anilines is 3. The van der Waals surface area contributed by atoms with Gasteiger partial charge in [-0.05, 0) is 90.9 Å². The Morgan fingerprint density at radius 3 is 2.62 bits per heavy atom. The molecule has 3 aromatic heterocycles. The third kappa shape index (κ3) is 10.4. The molecule has 4 N–H and O–H groups in total. The van der Waals surface area contributed by atoms with E-state index >= 15 is 0 Å². The number of amides is 2. The standard InChI is InChI=1S/C46H48ClN8O6S2/c47-43-10-9-42(62-43)46(57)55-27-33-4-2-1-3-31(33)21-35(55)28-53-15-17-54(18-16-53)34-5-7-38(41(23-34)61-36-22-32-11-14-48-44(32)50-26-36)45(56)51-29-60-63-37-6-8-39(40(24-37)52-58)49-25-30-12-19-59-20-13-30/h1-11,14,22-24,26,30,35,49,52H,12-13,15-21,25,27-29H2,(H,48,50)(H,51,56)/q-1/t35-/m0/s1.